The van der Waals surface area contributed by atoms with Crippen molar-refractivity contribution in [2.24, 2.45) is 5.92 Å². The molecule has 0 saturated heterocycles. The summed E-state index contributed by atoms with van der Waals surface area (Å²) in [5, 5.41) is 3.00. The Balaban J connectivity index is 0.00000220. The van der Waals surface area contributed by atoms with Crippen LogP contribution >= 0.6 is 12.4 Å². The van der Waals surface area contributed by atoms with E-state index in [1.54, 1.807) is 0 Å². The Morgan fingerprint density at radius 1 is 1.19 bits per heavy atom. The van der Waals surface area contributed by atoms with Crippen molar-refractivity contribution in [3.05, 3.63) is 35.9 Å². The Kier molecular flexibility index (Phi) is 7.76. The number of likely N-dealkylation sites (N-methyl/N-ethyl adjacent to an activating group) is 1. The summed E-state index contributed by atoms with van der Waals surface area (Å²) in [5.41, 5.74) is 0.738. The van der Waals surface area contributed by atoms with Gasteiger partial charge in [0.05, 0.1) is 0 Å². The zero-order valence-corrected chi connectivity index (χ0v) is 13.9. The van der Waals surface area contributed by atoms with E-state index in [4.69, 9.17) is 0 Å². The van der Waals surface area contributed by atoms with E-state index < -0.39 is 0 Å². The molecule has 3 nitrogen and oxygen atoms in total. The summed E-state index contributed by atoms with van der Waals surface area (Å²) in [6, 6.07) is 10.1. The molecule has 0 radical (unpaired) electrons. The van der Waals surface area contributed by atoms with E-state index in [-0.39, 0.29) is 18.3 Å². The molecule has 1 aliphatic rings. The molecule has 1 amide bonds. The van der Waals surface area contributed by atoms with E-state index in [0.717, 1.165) is 24.6 Å². The van der Waals surface area contributed by atoms with Crippen LogP contribution in [0.4, 0.5) is 0 Å². The molecular weight excluding hydrogens is 284 g/mol. The first-order valence-electron chi connectivity index (χ1n) is 7.70. The van der Waals surface area contributed by atoms with Crippen molar-refractivity contribution < 1.29 is 4.79 Å². The van der Waals surface area contributed by atoms with Gasteiger partial charge in [0.15, 0.2) is 0 Å². The van der Waals surface area contributed by atoms with Crippen LogP contribution in [0.1, 0.15) is 43.0 Å². The molecule has 1 fully saturated rings. The fourth-order valence-corrected chi connectivity index (χ4v) is 2.90. The van der Waals surface area contributed by atoms with Gasteiger partial charge in [-0.3, -0.25) is 4.79 Å². The van der Waals surface area contributed by atoms with Crippen LogP contribution in [0.3, 0.4) is 0 Å². The van der Waals surface area contributed by atoms with Crippen molar-refractivity contribution in [1.29, 1.82) is 0 Å². The third-order valence-corrected chi connectivity index (χ3v) is 4.39. The monoisotopic (exact) mass is 310 g/mol. The standard InChI is InChI=1S/C17H26N2O.ClH/c1-14-8-10-16(11-9-14)19(2)13-12-18-17(20)15-6-4-3-5-7-15;/h3-7,14,16H,8-13H2,1-2H3,(H,18,20);1H. The Morgan fingerprint density at radius 3 is 2.43 bits per heavy atom. The predicted molar refractivity (Wildman–Crippen MR) is 90.1 cm³/mol. The third kappa shape index (κ3) is 5.68. The van der Waals surface area contributed by atoms with Crippen LogP contribution in [0, 0.1) is 5.92 Å². The number of rotatable bonds is 5. The maximum Gasteiger partial charge on any atom is 0.251 e. The zero-order valence-electron chi connectivity index (χ0n) is 13.0. The van der Waals surface area contributed by atoms with Crippen LogP contribution in [-0.4, -0.2) is 37.0 Å². The van der Waals surface area contributed by atoms with Gasteiger partial charge in [-0.05, 0) is 50.8 Å². The highest BCUT2D eigenvalue weighted by molar-refractivity contribution is 5.94. The maximum absolute atomic E-state index is 11.9. The topological polar surface area (TPSA) is 32.3 Å². The summed E-state index contributed by atoms with van der Waals surface area (Å²) in [5.74, 6) is 0.911. The number of benzene rings is 1. The van der Waals surface area contributed by atoms with Crippen LogP contribution in [0.5, 0.6) is 0 Å². The highest BCUT2D eigenvalue weighted by Gasteiger charge is 2.21. The molecule has 4 heteroatoms. The van der Waals surface area contributed by atoms with E-state index in [1.807, 2.05) is 30.3 Å². The molecule has 21 heavy (non-hydrogen) atoms. The second kappa shape index (κ2) is 9.06. The lowest BCUT2D eigenvalue weighted by Gasteiger charge is -2.33. The van der Waals surface area contributed by atoms with Gasteiger partial charge in [0.25, 0.3) is 5.91 Å². The van der Waals surface area contributed by atoms with Crippen molar-refractivity contribution in [2.45, 2.75) is 38.6 Å². The van der Waals surface area contributed by atoms with E-state index in [0.29, 0.717) is 6.04 Å². The second-order valence-corrected chi connectivity index (χ2v) is 6.02. The summed E-state index contributed by atoms with van der Waals surface area (Å²) < 4.78 is 0. The molecule has 0 spiro atoms. The summed E-state index contributed by atoms with van der Waals surface area (Å²) in [7, 11) is 2.18. The van der Waals surface area contributed by atoms with Crippen LogP contribution in [0.2, 0.25) is 0 Å². The van der Waals surface area contributed by atoms with Gasteiger partial charge in [-0.15, -0.1) is 12.4 Å². The number of hydrogen-bond acceptors (Lipinski definition) is 2. The molecule has 1 aromatic rings. The highest BCUT2D eigenvalue weighted by Crippen LogP contribution is 2.26. The number of halogens is 1. The average molecular weight is 311 g/mol. The van der Waals surface area contributed by atoms with E-state index >= 15 is 0 Å². The highest BCUT2D eigenvalue weighted by atomic mass is 35.5. The Morgan fingerprint density at radius 2 is 1.81 bits per heavy atom. The molecule has 0 unspecified atom stereocenters. The van der Waals surface area contributed by atoms with Crippen molar-refractivity contribution in [3.8, 4) is 0 Å². The fourth-order valence-electron chi connectivity index (χ4n) is 2.90. The largest absolute Gasteiger partial charge is 0.351 e. The minimum Gasteiger partial charge on any atom is -0.351 e. The van der Waals surface area contributed by atoms with Crippen LogP contribution < -0.4 is 5.32 Å². The molecule has 1 aliphatic carbocycles. The fraction of sp³-hybridized carbons (Fsp3) is 0.588. The zero-order chi connectivity index (χ0) is 14.4. The first-order chi connectivity index (χ1) is 9.66. The molecule has 0 bridgehead atoms. The number of carbonyl (C=O) groups is 1. The van der Waals surface area contributed by atoms with Crippen LogP contribution in [-0.2, 0) is 0 Å². The van der Waals surface area contributed by atoms with Gasteiger partial charge in [-0.25, -0.2) is 0 Å². The molecule has 0 aromatic heterocycles. The molecule has 1 saturated carbocycles. The first-order valence-corrected chi connectivity index (χ1v) is 7.70. The summed E-state index contributed by atoms with van der Waals surface area (Å²) >= 11 is 0. The maximum atomic E-state index is 11.9. The molecule has 2 rings (SSSR count). The Bertz CT molecular complexity index is 416. The van der Waals surface area contributed by atoms with E-state index in [2.05, 4.69) is 24.2 Å². The lowest BCUT2D eigenvalue weighted by Crippen LogP contribution is -2.40. The lowest BCUT2D eigenvalue weighted by molar-refractivity contribution is 0.0943. The van der Waals surface area contributed by atoms with Gasteiger partial charge in [0.1, 0.15) is 0 Å². The van der Waals surface area contributed by atoms with Gasteiger partial charge in [0.2, 0.25) is 0 Å². The lowest BCUT2D eigenvalue weighted by atomic mass is 9.87. The molecular formula is C17H27ClN2O. The normalized spacial score (nSPS) is 21.7. The number of nitrogens with zero attached hydrogens (tertiary/aromatic N) is 1. The molecule has 0 heterocycles. The average Bonchev–Trinajstić information content (AvgIpc) is 2.48. The predicted octanol–water partition coefficient (Wildman–Crippen LogP) is 3.35. The van der Waals surface area contributed by atoms with E-state index in [1.165, 1.54) is 25.7 Å². The minimum atomic E-state index is 0. The summed E-state index contributed by atoms with van der Waals surface area (Å²) in [6.45, 7) is 3.99. The minimum absolute atomic E-state index is 0. The van der Waals surface area contributed by atoms with Crippen molar-refractivity contribution in [1.82, 2.24) is 10.2 Å². The van der Waals surface area contributed by atoms with Crippen molar-refractivity contribution in [3.63, 3.8) is 0 Å². The van der Waals surface area contributed by atoms with Crippen LogP contribution in [0.25, 0.3) is 0 Å². The number of hydrogen-bond donors (Lipinski definition) is 1. The SMILES string of the molecule is CC1CCC(N(C)CCNC(=O)c2ccccc2)CC1.Cl. The number of nitrogens with one attached hydrogen (secondary N) is 1. The number of carbonyl (C=O) groups excluding carboxylic acids is 1. The molecule has 0 atom stereocenters. The Hall–Kier alpha value is -1.06. The summed E-state index contributed by atoms with van der Waals surface area (Å²) in [6.07, 6.45) is 5.27. The first kappa shape index (κ1) is 18.0. The summed E-state index contributed by atoms with van der Waals surface area (Å²) in [4.78, 5) is 14.3. The Labute approximate surface area is 134 Å². The van der Waals surface area contributed by atoms with Crippen molar-refractivity contribution >= 4 is 18.3 Å². The molecule has 1 aromatic carbocycles. The molecule has 0 aliphatic heterocycles. The molecule has 1 N–H and O–H groups in total. The van der Waals surface area contributed by atoms with Crippen LogP contribution in [0.15, 0.2) is 30.3 Å². The van der Waals surface area contributed by atoms with E-state index in [9.17, 15) is 4.79 Å². The van der Waals surface area contributed by atoms with Gasteiger partial charge < -0.3 is 10.2 Å². The third-order valence-electron chi connectivity index (χ3n) is 4.39. The van der Waals surface area contributed by atoms with Gasteiger partial charge in [-0.1, -0.05) is 25.1 Å². The quantitative estimate of drug-likeness (QED) is 0.904. The second-order valence-electron chi connectivity index (χ2n) is 6.02. The van der Waals surface area contributed by atoms with Crippen molar-refractivity contribution in [2.75, 3.05) is 20.1 Å². The van der Waals surface area contributed by atoms with Gasteiger partial charge >= 0.3 is 0 Å². The smallest absolute Gasteiger partial charge is 0.251 e. The molecule has 118 valence electrons. The van der Waals surface area contributed by atoms with Gasteiger partial charge in [0, 0.05) is 24.7 Å². The number of amides is 1. The van der Waals surface area contributed by atoms with Gasteiger partial charge in [-0.2, -0.15) is 0 Å².